The van der Waals surface area contributed by atoms with E-state index in [-0.39, 0.29) is 0 Å². The molecule has 0 aromatic carbocycles. The van der Waals surface area contributed by atoms with Crippen LogP contribution in [0.1, 0.15) is 44.4 Å². The van der Waals surface area contributed by atoms with Crippen molar-refractivity contribution in [3.63, 3.8) is 0 Å². The van der Waals surface area contributed by atoms with Crippen LogP contribution < -0.4 is 5.32 Å². The minimum Gasteiger partial charge on any atom is -0.366 e. The summed E-state index contributed by atoms with van der Waals surface area (Å²) in [6.45, 7) is 4.30. The second-order valence-electron chi connectivity index (χ2n) is 4.39. The number of fused-ring (bicyclic) bond motifs is 1. The van der Waals surface area contributed by atoms with Crippen LogP contribution in [0.3, 0.4) is 0 Å². The molecule has 0 saturated carbocycles. The smallest absolute Gasteiger partial charge is 0.151 e. The van der Waals surface area contributed by atoms with E-state index in [1.54, 1.807) is 0 Å². The van der Waals surface area contributed by atoms with Gasteiger partial charge in [0.15, 0.2) is 5.82 Å². The molecule has 2 rings (SSSR count). The van der Waals surface area contributed by atoms with Gasteiger partial charge in [-0.2, -0.15) is 5.10 Å². The van der Waals surface area contributed by atoms with Crippen molar-refractivity contribution in [1.82, 2.24) is 10.2 Å². The standard InChI is InChI=1S/C11H19N3/c1-8(2)12-11-9-6-4-3-5-7-10(9)13-14-11/h8H,3-7H2,1-2H3,(H2,12,13,14). The number of aryl methyl sites for hydroxylation is 1. The van der Waals surface area contributed by atoms with Gasteiger partial charge < -0.3 is 5.32 Å². The number of rotatable bonds is 2. The van der Waals surface area contributed by atoms with Crippen LogP contribution >= 0.6 is 0 Å². The Kier molecular flexibility index (Phi) is 2.75. The SMILES string of the molecule is CC(C)Nc1n[nH]c2c1CCCCC2. The van der Waals surface area contributed by atoms with Gasteiger partial charge in [-0.05, 0) is 39.5 Å². The van der Waals surface area contributed by atoms with Gasteiger partial charge in [-0.1, -0.05) is 6.42 Å². The first kappa shape index (κ1) is 9.56. The lowest BCUT2D eigenvalue weighted by molar-refractivity contribution is 0.702. The number of anilines is 1. The number of aromatic nitrogens is 2. The summed E-state index contributed by atoms with van der Waals surface area (Å²) in [6.07, 6.45) is 6.31. The first-order valence-electron chi connectivity index (χ1n) is 5.60. The van der Waals surface area contributed by atoms with E-state index >= 15 is 0 Å². The second-order valence-corrected chi connectivity index (χ2v) is 4.39. The maximum Gasteiger partial charge on any atom is 0.151 e. The summed E-state index contributed by atoms with van der Waals surface area (Å²) in [5, 5.41) is 10.9. The lowest BCUT2D eigenvalue weighted by Crippen LogP contribution is -2.11. The monoisotopic (exact) mass is 193 g/mol. The molecule has 0 atom stereocenters. The Balaban J connectivity index is 2.20. The number of hydrogen-bond donors (Lipinski definition) is 2. The topological polar surface area (TPSA) is 40.7 Å². The third-order valence-corrected chi connectivity index (χ3v) is 2.73. The molecule has 1 aliphatic rings. The minimum atomic E-state index is 0.464. The number of H-pyrrole nitrogens is 1. The van der Waals surface area contributed by atoms with Crippen molar-refractivity contribution in [2.24, 2.45) is 0 Å². The Bertz CT molecular complexity index is 301. The largest absolute Gasteiger partial charge is 0.366 e. The van der Waals surface area contributed by atoms with Gasteiger partial charge in [0, 0.05) is 17.3 Å². The van der Waals surface area contributed by atoms with Crippen LogP contribution in [0.25, 0.3) is 0 Å². The predicted octanol–water partition coefficient (Wildman–Crippen LogP) is 2.50. The highest BCUT2D eigenvalue weighted by molar-refractivity contribution is 5.47. The molecule has 0 amide bonds. The Morgan fingerprint density at radius 1 is 1.21 bits per heavy atom. The summed E-state index contributed by atoms with van der Waals surface area (Å²) < 4.78 is 0. The van der Waals surface area contributed by atoms with Crippen LogP contribution in [-0.4, -0.2) is 16.2 Å². The highest BCUT2D eigenvalue weighted by Gasteiger charge is 2.15. The zero-order valence-electron chi connectivity index (χ0n) is 9.06. The highest BCUT2D eigenvalue weighted by atomic mass is 15.2. The summed E-state index contributed by atoms with van der Waals surface area (Å²) in [4.78, 5) is 0. The Hall–Kier alpha value is -0.990. The normalized spacial score (nSPS) is 16.5. The van der Waals surface area contributed by atoms with Gasteiger partial charge in [-0.25, -0.2) is 0 Å². The molecule has 1 aromatic heterocycles. The van der Waals surface area contributed by atoms with Gasteiger partial charge in [0.25, 0.3) is 0 Å². The van der Waals surface area contributed by atoms with E-state index in [1.165, 1.54) is 43.4 Å². The summed E-state index contributed by atoms with van der Waals surface area (Å²) in [6, 6.07) is 0.464. The maximum atomic E-state index is 4.34. The van der Waals surface area contributed by atoms with Crippen molar-refractivity contribution in [2.45, 2.75) is 52.0 Å². The molecule has 0 saturated heterocycles. The molecule has 2 N–H and O–H groups in total. The maximum absolute atomic E-state index is 4.34. The van der Waals surface area contributed by atoms with Gasteiger partial charge in [-0.3, -0.25) is 5.10 Å². The van der Waals surface area contributed by atoms with E-state index < -0.39 is 0 Å². The van der Waals surface area contributed by atoms with Crippen molar-refractivity contribution in [3.05, 3.63) is 11.3 Å². The third-order valence-electron chi connectivity index (χ3n) is 2.73. The lowest BCUT2D eigenvalue weighted by atomic mass is 10.1. The molecule has 0 unspecified atom stereocenters. The first-order valence-corrected chi connectivity index (χ1v) is 5.60. The first-order chi connectivity index (χ1) is 6.77. The number of aromatic amines is 1. The molecule has 1 aromatic rings. The average Bonchev–Trinajstić information content (AvgIpc) is 2.37. The fourth-order valence-electron chi connectivity index (χ4n) is 2.05. The van der Waals surface area contributed by atoms with E-state index in [0.29, 0.717) is 6.04 Å². The number of nitrogens with zero attached hydrogens (tertiary/aromatic N) is 1. The molecular formula is C11H19N3. The van der Waals surface area contributed by atoms with E-state index in [0.717, 1.165) is 5.82 Å². The third kappa shape index (κ3) is 1.91. The molecule has 3 heteroatoms. The molecule has 14 heavy (non-hydrogen) atoms. The molecule has 0 aliphatic heterocycles. The fourth-order valence-corrected chi connectivity index (χ4v) is 2.05. The van der Waals surface area contributed by atoms with E-state index in [1.807, 2.05) is 0 Å². The van der Waals surface area contributed by atoms with Gasteiger partial charge >= 0.3 is 0 Å². The highest BCUT2D eigenvalue weighted by Crippen LogP contribution is 2.24. The van der Waals surface area contributed by atoms with Crippen molar-refractivity contribution in [3.8, 4) is 0 Å². The molecule has 1 aliphatic carbocycles. The summed E-state index contributed by atoms with van der Waals surface area (Å²) >= 11 is 0. The molecule has 1 heterocycles. The zero-order valence-corrected chi connectivity index (χ0v) is 9.06. The van der Waals surface area contributed by atoms with Gasteiger partial charge in [0.1, 0.15) is 0 Å². The Morgan fingerprint density at radius 3 is 2.79 bits per heavy atom. The molecule has 0 radical (unpaired) electrons. The van der Waals surface area contributed by atoms with E-state index in [9.17, 15) is 0 Å². The zero-order chi connectivity index (χ0) is 9.97. The molecule has 0 bridgehead atoms. The van der Waals surface area contributed by atoms with Crippen LogP contribution in [0.15, 0.2) is 0 Å². The second kappa shape index (κ2) is 4.03. The molecule has 78 valence electrons. The summed E-state index contributed by atoms with van der Waals surface area (Å²) in [7, 11) is 0. The van der Waals surface area contributed by atoms with Gasteiger partial charge in [0.2, 0.25) is 0 Å². The van der Waals surface area contributed by atoms with Crippen molar-refractivity contribution < 1.29 is 0 Å². The molecule has 3 nitrogen and oxygen atoms in total. The van der Waals surface area contributed by atoms with Crippen molar-refractivity contribution in [2.75, 3.05) is 5.32 Å². The summed E-state index contributed by atoms with van der Waals surface area (Å²) in [5.74, 6) is 1.08. The van der Waals surface area contributed by atoms with Gasteiger partial charge in [0.05, 0.1) is 0 Å². The molecule has 0 spiro atoms. The quantitative estimate of drug-likeness (QED) is 0.708. The number of nitrogens with one attached hydrogen (secondary N) is 2. The minimum absolute atomic E-state index is 0.464. The molecule has 0 fully saturated rings. The Labute approximate surface area is 85.3 Å². The lowest BCUT2D eigenvalue weighted by Gasteiger charge is -2.08. The predicted molar refractivity (Wildman–Crippen MR) is 58.6 cm³/mol. The van der Waals surface area contributed by atoms with E-state index in [2.05, 4.69) is 29.4 Å². The van der Waals surface area contributed by atoms with Crippen LogP contribution in [0.4, 0.5) is 5.82 Å². The van der Waals surface area contributed by atoms with Crippen molar-refractivity contribution >= 4 is 5.82 Å². The van der Waals surface area contributed by atoms with Crippen LogP contribution in [-0.2, 0) is 12.8 Å². The van der Waals surface area contributed by atoms with Gasteiger partial charge in [-0.15, -0.1) is 0 Å². The number of hydrogen-bond acceptors (Lipinski definition) is 2. The molecular weight excluding hydrogens is 174 g/mol. The van der Waals surface area contributed by atoms with E-state index in [4.69, 9.17) is 0 Å². The average molecular weight is 193 g/mol. The Morgan fingerprint density at radius 2 is 2.00 bits per heavy atom. The van der Waals surface area contributed by atoms with Crippen LogP contribution in [0.2, 0.25) is 0 Å². The summed E-state index contributed by atoms with van der Waals surface area (Å²) in [5.41, 5.74) is 2.78. The van der Waals surface area contributed by atoms with Crippen LogP contribution in [0.5, 0.6) is 0 Å². The van der Waals surface area contributed by atoms with Crippen LogP contribution in [0, 0.1) is 0 Å². The fraction of sp³-hybridized carbons (Fsp3) is 0.727. The van der Waals surface area contributed by atoms with Crippen molar-refractivity contribution in [1.29, 1.82) is 0 Å².